The lowest BCUT2D eigenvalue weighted by Gasteiger charge is -2.03. The van der Waals surface area contributed by atoms with Gasteiger partial charge in [0.05, 0.1) is 12.2 Å². The van der Waals surface area contributed by atoms with E-state index in [1.165, 1.54) is 17.5 Å². The average molecular weight is 244 g/mol. The molecule has 1 heterocycles. The SMILES string of the molecule is CCCc1ccc(Cn2cc(CCN)nn2)cc1. The van der Waals surface area contributed by atoms with Gasteiger partial charge in [0.25, 0.3) is 0 Å². The molecule has 18 heavy (non-hydrogen) atoms. The van der Waals surface area contributed by atoms with Crippen molar-refractivity contribution in [2.75, 3.05) is 6.54 Å². The van der Waals surface area contributed by atoms with Crippen LogP contribution in [0.15, 0.2) is 30.5 Å². The molecule has 0 amide bonds. The molecule has 0 bridgehead atoms. The first-order valence-corrected chi connectivity index (χ1v) is 6.48. The lowest BCUT2D eigenvalue weighted by atomic mass is 10.1. The Morgan fingerprint density at radius 2 is 1.83 bits per heavy atom. The van der Waals surface area contributed by atoms with Crippen LogP contribution in [0.5, 0.6) is 0 Å². The van der Waals surface area contributed by atoms with E-state index in [1.807, 2.05) is 10.9 Å². The van der Waals surface area contributed by atoms with E-state index in [1.54, 1.807) is 0 Å². The van der Waals surface area contributed by atoms with Gasteiger partial charge in [-0.05, 0) is 24.1 Å². The summed E-state index contributed by atoms with van der Waals surface area (Å²) in [5.41, 5.74) is 9.09. The molecular formula is C14H20N4. The zero-order chi connectivity index (χ0) is 12.8. The van der Waals surface area contributed by atoms with Gasteiger partial charge in [0, 0.05) is 12.6 Å². The van der Waals surface area contributed by atoms with Crippen molar-refractivity contribution in [1.82, 2.24) is 15.0 Å². The highest BCUT2D eigenvalue weighted by Gasteiger charge is 2.01. The molecule has 2 N–H and O–H groups in total. The largest absolute Gasteiger partial charge is 0.330 e. The number of hydrogen-bond acceptors (Lipinski definition) is 3. The summed E-state index contributed by atoms with van der Waals surface area (Å²) in [5, 5.41) is 8.18. The Hall–Kier alpha value is -1.68. The van der Waals surface area contributed by atoms with Gasteiger partial charge >= 0.3 is 0 Å². The van der Waals surface area contributed by atoms with E-state index < -0.39 is 0 Å². The molecule has 0 saturated heterocycles. The summed E-state index contributed by atoms with van der Waals surface area (Å²) in [6.45, 7) is 3.58. The molecule has 0 aliphatic rings. The summed E-state index contributed by atoms with van der Waals surface area (Å²) in [6.07, 6.45) is 5.08. The van der Waals surface area contributed by atoms with Crippen LogP contribution in [-0.4, -0.2) is 21.5 Å². The molecule has 4 nitrogen and oxygen atoms in total. The van der Waals surface area contributed by atoms with E-state index >= 15 is 0 Å². The van der Waals surface area contributed by atoms with Gasteiger partial charge in [-0.15, -0.1) is 5.10 Å². The second-order valence-electron chi connectivity index (χ2n) is 4.51. The third kappa shape index (κ3) is 3.40. The van der Waals surface area contributed by atoms with Crippen LogP contribution in [0.4, 0.5) is 0 Å². The highest BCUT2D eigenvalue weighted by Crippen LogP contribution is 2.08. The second kappa shape index (κ2) is 6.31. The molecule has 0 fully saturated rings. The summed E-state index contributed by atoms with van der Waals surface area (Å²) >= 11 is 0. The predicted octanol–water partition coefficient (Wildman–Crippen LogP) is 1.78. The number of nitrogens with zero attached hydrogens (tertiary/aromatic N) is 3. The Bertz CT molecular complexity index is 473. The van der Waals surface area contributed by atoms with E-state index in [-0.39, 0.29) is 0 Å². The monoisotopic (exact) mass is 244 g/mol. The molecule has 0 radical (unpaired) electrons. The third-order valence-electron chi connectivity index (χ3n) is 2.89. The minimum absolute atomic E-state index is 0.615. The second-order valence-corrected chi connectivity index (χ2v) is 4.51. The van der Waals surface area contributed by atoms with Crippen molar-refractivity contribution >= 4 is 0 Å². The third-order valence-corrected chi connectivity index (χ3v) is 2.89. The van der Waals surface area contributed by atoms with Crippen LogP contribution < -0.4 is 5.73 Å². The molecule has 1 aromatic carbocycles. The van der Waals surface area contributed by atoms with E-state index in [9.17, 15) is 0 Å². The zero-order valence-electron chi connectivity index (χ0n) is 10.8. The lowest BCUT2D eigenvalue weighted by molar-refractivity contribution is 0.649. The lowest BCUT2D eigenvalue weighted by Crippen LogP contribution is -2.03. The van der Waals surface area contributed by atoms with E-state index in [0.29, 0.717) is 6.54 Å². The Kier molecular flexibility index (Phi) is 4.47. The summed E-state index contributed by atoms with van der Waals surface area (Å²) in [7, 11) is 0. The fourth-order valence-corrected chi connectivity index (χ4v) is 1.97. The minimum Gasteiger partial charge on any atom is -0.330 e. The molecule has 0 aliphatic carbocycles. The zero-order valence-corrected chi connectivity index (χ0v) is 10.8. The highest BCUT2D eigenvalue weighted by atomic mass is 15.4. The number of aryl methyl sites for hydroxylation is 1. The summed E-state index contributed by atoms with van der Waals surface area (Å²) in [5.74, 6) is 0. The van der Waals surface area contributed by atoms with Gasteiger partial charge in [-0.1, -0.05) is 42.8 Å². The van der Waals surface area contributed by atoms with Gasteiger partial charge < -0.3 is 5.73 Å². The molecule has 96 valence electrons. The molecule has 0 atom stereocenters. The van der Waals surface area contributed by atoms with Crippen molar-refractivity contribution in [1.29, 1.82) is 0 Å². The van der Waals surface area contributed by atoms with Crippen LogP contribution in [0.3, 0.4) is 0 Å². The number of nitrogens with two attached hydrogens (primary N) is 1. The van der Waals surface area contributed by atoms with Crippen molar-refractivity contribution in [2.24, 2.45) is 5.73 Å². The fourth-order valence-electron chi connectivity index (χ4n) is 1.97. The predicted molar refractivity (Wildman–Crippen MR) is 72.3 cm³/mol. The van der Waals surface area contributed by atoms with E-state index in [4.69, 9.17) is 5.73 Å². The maximum atomic E-state index is 5.49. The number of benzene rings is 1. The van der Waals surface area contributed by atoms with E-state index in [0.717, 1.165) is 25.1 Å². The molecule has 4 heteroatoms. The standard InChI is InChI=1S/C14H20N4/c1-2-3-12-4-6-13(7-5-12)10-18-11-14(8-9-15)16-17-18/h4-7,11H,2-3,8-10,15H2,1H3. The summed E-state index contributed by atoms with van der Waals surface area (Å²) < 4.78 is 1.86. The Morgan fingerprint density at radius 1 is 1.11 bits per heavy atom. The topological polar surface area (TPSA) is 56.7 Å². The first-order chi connectivity index (χ1) is 8.81. The van der Waals surface area contributed by atoms with Gasteiger partial charge in [0.2, 0.25) is 0 Å². The number of aromatic nitrogens is 3. The van der Waals surface area contributed by atoms with Gasteiger partial charge in [-0.25, -0.2) is 4.68 Å². The Labute approximate surface area is 108 Å². The van der Waals surface area contributed by atoms with Crippen molar-refractivity contribution in [3.05, 3.63) is 47.3 Å². The molecule has 0 aliphatic heterocycles. The van der Waals surface area contributed by atoms with Crippen LogP contribution in [0.25, 0.3) is 0 Å². The van der Waals surface area contributed by atoms with Crippen LogP contribution in [0.1, 0.15) is 30.2 Å². The Morgan fingerprint density at radius 3 is 2.50 bits per heavy atom. The smallest absolute Gasteiger partial charge is 0.0839 e. The minimum atomic E-state index is 0.615. The van der Waals surface area contributed by atoms with Crippen LogP contribution in [0, 0.1) is 0 Å². The van der Waals surface area contributed by atoms with Gasteiger partial charge in [-0.2, -0.15) is 0 Å². The van der Waals surface area contributed by atoms with Crippen molar-refractivity contribution in [3.63, 3.8) is 0 Å². The van der Waals surface area contributed by atoms with Crippen LogP contribution in [0.2, 0.25) is 0 Å². The van der Waals surface area contributed by atoms with Gasteiger partial charge in [0.15, 0.2) is 0 Å². The van der Waals surface area contributed by atoms with Gasteiger partial charge in [0.1, 0.15) is 0 Å². The van der Waals surface area contributed by atoms with Crippen LogP contribution in [-0.2, 0) is 19.4 Å². The first kappa shape index (κ1) is 12.8. The number of rotatable bonds is 6. The normalized spacial score (nSPS) is 10.8. The fraction of sp³-hybridized carbons (Fsp3) is 0.429. The van der Waals surface area contributed by atoms with E-state index in [2.05, 4.69) is 41.5 Å². The van der Waals surface area contributed by atoms with Crippen molar-refractivity contribution in [3.8, 4) is 0 Å². The van der Waals surface area contributed by atoms with Crippen molar-refractivity contribution in [2.45, 2.75) is 32.7 Å². The summed E-state index contributed by atoms with van der Waals surface area (Å²) in [6, 6.07) is 8.71. The van der Waals surface area contributed by atoms with Crippen LogP contribution >= 0.6 is 0 Å². The molecule has 0 spiro atoms. The van der Waals surface area contributed by atoms with Gasteiger partial charge in [-0.3, -0.25) is 0 Å². The quantitative estimate of drug-likeness (QED) is 0.842. The molecule has 0 saturated carbocycles. The van der Waals surface area contributed by atoms with Crippen molar-refractivity contribution < 1.29 is 0 Å². The highest BCUT2D eigenvalue weighted by molar-refractivity contribution is 5.22. The molecule has 2 aromatic rings. The summed E-state index contributed by atoms with van der Waals surface area (Å²) in [4.78, 5) is 0. The molecule has 1 aromatic heterocycles. The molecular weight excluding hydrogens is 224 g/mol. The molecule has 2 rings (SSSR count). The molecule has 0 unspecified atom stereocenters. The maximum absolute atomic E-state index is 5.49. The number of hydrogen-bond donors (Lipinski definition) is 1. The first-order valence-electron chi connectivity index (χ1n) is 6.48. The average Bonchev–Trinajstić information content (AvgIpc) is 2.80. The Balaban J connectivity index is 1.99. The maximum Gasteiger partial charge on any atom is 0.0839 e.